The van der Waals surface area contributed by atoms with E-state index in [4.69, 9.17) is 0 Å². The molecule has 17 heavy (non-hydrogen) atoms. The Hall–Kier alpha value is -1.75. The van der Waals surface area contributed by atoms with E-state index in [9.17, 15) is 8.78 Å². The van der Waals surface area contributed by atoms with Crippen LogP contribution in [0.2, 0.25) is 0 Å². The summed E-state index contributed by atoms with van der Waals surface area (Å²) in [5, 5.41) is 6.99. The quantitative estimate of drug-likeness (QED) is 0.881. The maximum Gasteiger partial charge on any atom is 0.130 e. The summed E-state index contributed by atoms with van der Waals surface area (Å²) in [6.45, 7) is 0.675. The van der Waals surface area contributed by atoms with Crippen LogP contribution in [0, 0.1) is 11.6 Å². The van der Waals surface area contributed by atoms with Gasteiger partial charge in [0.05, 0.1) is 5.69 Å². The highest BCUT2D eigenvalue weighted by Gasteiger charge is 2.07. The zero-order valence-electron chi connectivity index (χ0n) is 9.45. The summed E-state index contributed by atoms with van der Waals surface area (Å²) in [7, 11) is 1.82. The smallest absolute Gasteiger partial charge is 0.130 e. The topological polar surface area (TPSA) is 29.9 Å². The lowest BCUT2D eigenvalue weighted by Crippen LogP contribution is -2.17. The minimum Gasteiger partial charge on any atom is -0.307 e. The van der Waals surface area contributed by atoms with E-state index in [2.05, 4.69) is 10.4 Å². The Morgan fingerprint density at radius 2 is 1.88 bits per heavy atom. The molecule has 0 aliphatic carbocycles. The molecular formula is C12H13F2N3. The second-order valence-electron chi connectivity index (χ2n) is 3.75. The van der Waals surface area contributed by atoms with Gasteiger partial charge in [-0.25, -0.2) is 8.78 Å². The highest BCUT2D eigenvalue weighted by Crippen LogP contribution is 2.11. The molecule has 0 saturated carbocycles. The molecule has 0 atom stereocenters. The van der Waals surface area contributed by atoms with E-state index >= 15 is 0 Å². The average Bonchev–Trinajstić information content (AvgIpc) is 2.69. The van der Waals surface area contributed by atoms with Crippen molar-refractivity contribution in [3.05, 3.63) is 53.4 Å². The minimum atomic E-state index is -0.525. The SMILES string of the molecule is Cn1nccc1CNCc1c(F)cccc1F. The molecule has 0 saturated heterocycles. The largest absolute Gasteiger partial charge is 0.307 e. The van der Waals surface area contributed by atoms with E-state index in [0.29, 0.717) is 6.54 Å². The van der Waals surface area contributed by atoms with Crippen molar-refractivity contribution >= 4 is 0 Å². The van der Waals surface area contributed by atoms with Crippen LogP contribution in [0.5, 0.6) is 0 Å². The van der Waals surface area contributed by atoms with Crippen molar-refractivity contribution in [1.82, 2.24) is 15.1 Å². The Morgan fingerprint density at radius 1 is 1.18 bits per heavy atom. The average molecular weight is 237 g/mol. The molecule has 0 amide bonds. The molecule has 2 aromatic rings. The molecule has 1 N–H and O–H groups in total. The van der Waals surface area contributed by atoms with E-state index < -0.39 is 11.6 Å². The van der Waals surface area contributed by atoms with E-state index in [1.807, 2.05) is 13.1 Å². The van der Waals surface area contributed by atoms with Gasteiger partial charge in [0.25, 0.3) is 0 Å². The van der Waals surface area contributed by atoms with Gasteiger partial charge in [-0.2, -0.15) is 5.10 Å². The van der Waals surface area contributed by atoms with Gasteiger partial charge in [0, 0.05) is 31.9 Å². The first-order valence-electron chi connectivity index (χ1n) is 5.29. The highest BCUT2D eigenvalue weighted by molar-refractivity contribution is 5.19. The van der Waals surface area contributed by atoms with Gasteiger partial charge in [0.1, 0.15) is 11.6 Å². The van der Waals surface area contributed by atoms with Gasteiger partial charge in [-0.05, 0) is 18.2 Å². The van der Waals surface area contributed by atoms with Crippen molar-refractivity contribution in [2.45, 2.75) is 13.1 Å². The summed E-state index contributed by atoms with van der Waals surface area (Å²) in [4.78, 5) is 0. The summed E-state index contributed by atoms with van der Waals surface area (Å²) in [6.07, 6.45) is 1.68. The molecule has 1 heterocycles. The lowest BCUT2D eigenvalue weighted by atomic mass is 10.2. The minimum absolute atomic E-state index is 0.0645. The molecule has 0 fully saturated rings. The Labute approximate surface area is 98.1 Å². The standard InChI is InChI=1S/C12H13F2N3/c1-17-9(5-6-16-17)7-15-8-10-11(13)3-2-4-12(10)14/h2-6,15H,7-8H2,1H3. The molecule has 2 rings (SSSR count). The Bertz CT molecular complexity index is 488. The fourth-order valence-electron chi connectivity index (χ4n) is 1.59. The summed E-state index contributed by atoms with van der Waals surface area (Å²) < 4.78 is 28.3. The Morgan fingerprint density at radius 3 is 2.47 bits per heavy atom. The van der Waals surface area contributed by atoms with Gasteiger partial charge in [-0.3, -0.25) is 4.68 Å². The number of aromatic nitrogens is 2. The number of rotatable bonds is 4. The summed E-state index contributed by atoms with van der Waals surface area (Å²) in [5.41, 5.74) is 1.02. The summed E-state index contributed by atoms with van der Waals surface area (Å²) in [5.74, 6) is -1.05. The highest BCUT2D eigenvalue weighted by atomic mass is 19.1. The van der Waals surface area contributed by atoms with Gasteiger partial charge in [-0.15, -0.1) is 0 Å². The van der Waals surface area contributed by atoms with Crippen LogP contribution < -0.4 is 5.32 Å². The molecule has 90 valence electrons. The third kappa shape index (κ3) is 2.68. The second kappa shape index (κ2) is 5.05. The molecule has 0 spiro atoms. The van der Waals surface area contributed by atoms with Crippen LogP contribution in [0.15, 0.2) is 30.5 Å². The third-order valence-electron chi connectivity index (χ3n) is 2.59. The van der Waals surface area contributed by atoms with Gasteiger partial charge in [-0.1, -0.05) is 6.07 Å². The van der Waals surface area contributed by atoms with Crippen molar-refractivity contribution in [3.8, 4) is 0 Å². The molecule has 0 unspecified atom stereocenters. The number of nitrogens with one attached hydrogen (secondary N) is 1. The second-order valence-corrected chi connectivity index (χ2v) is 3.75. The van der Waals surface area contributed by atoms with Crippen LogP contribution >= 0.6 is 0 Å². The molecule has 3 nitrogen and oxygen atoms in total. The third-order valence-corrected chi connectivity index (χ3v) is 2.59. The maximum absolute atomic E-state index is 13.3. The van der Waals surface area contributed by atoms with Crippen LogP contribution in [-0.4, -0.2) is 9.78 Å². The van der Waals surface area contributed by atoms with Crippen LogP contribution in [0.25, 0.3) is 0 Å². The monoisotopic (exact) mass is 237 g/mol. The molecule has 0 aliphatic rings. The lowest BCUT2D eigenvalue weighted by Gasteiger charge is -2.07. The fourth-order valence-corrected chi connectivity index (χ4v) is 1.59. The molecule has 0 bridgehead atoms. The van der Waals surface area contributed by atoms with E-state index in [1.165, 1.54) is 18.2 Å². The van der Waals surface area contributed by atoms with Gasteiger partial charge >= 0.3 is 0 Å². The first-order chi connectivity index (χ1) is 8.18. The van der Waals surface area contributed by atoms with Crippen molar-refractivity contribution in [1.29, 1.82) is 0 Å². The Balaban J connectivity index is 1.97. The molecular weight excluding hydrogens is 224 g/mol. The summed E-state index contributed by atoms with van der Waals surface area (Å²) in [6, 6.07) is 5.72. The van der Waals surface area contributed by atoms with Crippen LogP contribution in [0.4, 0.5) is 8.78 Å². The number of aryl methyl sites for hydroxylation is 1. The normalized spacial score (nSPS) is 10.8. The van der Waals surface area contributed by atoms with Gasteiger partial charge in [0.2, 0.25) is 0 Å². The molecule has 0 radical (unpaired) electrons. The molecule has 5 heteroatoms. The molecule has 1 aromatic carbocycles. The Kier molecular flexibility index (Phi) is 3.49. The van der Waals surface area contributed by atoms with Gasteiger partial charge < -0.3 is 5.32 Å². The lowest BCUT2D eigenvalue weighted by molar-refractivity contribution is 0.530. The maximum atomic E-state index is 13.3. The van der Waals surface area contributed by atoms with Crippen molar-refractivity contribution in [2.75, 3.05) is 0 Å². The van der Waals surface area contributed by atoms with Gasteiger partial charge in [0.15, 0.2) is 0 Å². The molecule has 0 aliphatic heterocycles. The van der Waals surface area contributed by atoms with Crippen molar-refractivity contribution < 1.29 is 8.78 Å². The predicted molar refractivity (Wildman–Crippen MR) is 60.1 cm³/mol. The fraction of sp³-hybridized carbons (Fsp3) is 0.250. The van der Waals surface area contributed by atoms with Crippen molar-refractivity contribution in [2.24, 2.45) is 7.05 Å². The van der Waals surface area contributed by atoms with E-state index in [1.54, 1.807) is 10.9 Å². The number of halogens is 2. The number of nitrogens with zero attached hydrogens (tertiary/aromatic N) is 2. The number of benzene rings is 1. The zero-order valence-corrected chi connectivity index (χ0v) is 9.45. The number of hydrogen-bond donors (Lipinski definition) is 1. The van der Waals surface area contributed by atoms with Crippen molar-refractivity contribution in [3.63, 3.8) is 0 Å². The van der Waals surface area contributed by atoms with Crippen LogP contribution in [0.1, 0.15) is 11.3 Å². The van der Waals surface area contributed by atoms with Crippen LogP contribution in [-0.2, 0) is 20.1 Å². The van der Waals surface area contributed by atoms with Crippen LogP contribution in [0.3, 0.4) is 0 Å². The first kappa shape index (κ1) is 11.7. The summed E-state index contributed by atoms with van der Waals surface area (Å²) >= 11 is 0. The predicted octanol–water partition coefficient (Wildman–Crippen LogP) is 1.99. The van der Waals surface area contributed by atoms with E-state index in [0.717, 1.165) is 5.69 Å². The van der Waals surface area contributed by atoms with E-state index in [-0.39, 0.29) is 12.1 Å². The zero-order chi connectivity index (χ0) is 12.3. The first-order valence-corrected chi connectivity index (χ1v) is 5.29. The number of hydrogen-bond acceptors (Lipinski definition) is 2. The molecule has 1 aromatic heterocycles.